The number of piperazine rings is 1. The Bertz CT molecular complexity index is 413. The van der Waals surface area contributed by atoms with Crippen molar-refractivity contribution in [1.82, 2.24) is 15.1 Å². The van der Waals surface area contributed by atoms with Crippen molar-refractivity contribution in [2.75, 3.05) is 31.1 Å². The lowest BCUT2D eigenvalue weighted by Crippen LogP contribution is -2.50. The number of amides is 1. The second-order valence-electron chi connectivity index (χ2n) is 4.68. The maximum atomic E-state index is 11.8. The fourth-order valence-corrected chi connectivity index (χ4v) is 2.10. The monoisotopic (exact) mass is 268 g/mol. The van der Waals surface area contributed by atoms with E-state index in [1.54, 1.807) is 6.07 Å². The van der Waals surface area contributed by atoms with E-state index in [1.165, 1.54) is 0 Å². The summed E-state index contributed by atoms with van der Waals surface area (Å²) in [6, 6.07) is 3.59. The summed E-state index contributed by atoms with van der Waals surface area (Å²) in [6.07, 6.45) is 0. The first-order chi connectivity index (χ1) is 8.58. The highest BCUT2D eigenvalue weighted by molar-refractivity contribution is 6.29. The van der Waals surface area contributed by atoms with Gasteiger partial charge in [-0.1, -0.05) is 25.4 Å². The van der Waals surface area contributed by atoms with Crippen LogP contribution in [0.25, 0.3) is 0 Å². The second-order valence-corrected chi connectivity index (χ2v) is 5.07. The van der Waals surface area contributed by atoms with Crippen molar-refractivity contribution >= 4 is 23.3 Å². The van der Waals surface area contributed by atoms with Crippen LogP contribution in [0.3, 0.4) is 0 Å². The first-order valence-corrected chi connectivity index (χ1v) is 6.48. The van der Waals surface area contributed by atoms with Gasteiger partial charge in [0, 0.05) is 32.1 Å². The Morgan fingerprint density at radius 1 is 1.22 bits per heavy atom. The van der Waals surface area contributed by atoms with Crippen LogP contribution in [0, 0.1) is 5.92 Å². The molecule has 1 aliphatic rings. The van der Waals surface area contributed by atoms with Gasteiger partial charge in [-0.3, -0.25) is 4.79 Å². The van der Waals surface area contributed by atoms with Gasteiger partial charge in [-0.2, -0.15) is 0 Å². The summed E-state index contributed by atoms with van der Waals surface area (Å²) in [6.45, 7) is 6.91. The number of hydrogen-bond acceptors (Lipinski definition) is 4. The molecule has 0 bridgehead atoms. The van der Waals surface area contributed by atoms with E-state index in [4.69, 9.17) is 11.6 Å². The van der Waals surface area contributed by atoms with E-state index in [2.05, 4.69) is 15.1 Å². The van der Waals surface area contributed by atoms with E-state index in [0.29, 0.717) is 5.15 Å². The Hall–Kier alpha value is -1.36. The van der Waals surface area contributed by atoms with Gasteiger partial charge in [0.1, 0.15) is 0 Å². The Morgan fingerprint density at radius 3 is 2.39 bits per heavy atom. The fraction of sp³-hybridized carbons (Fsp3) is 0.583. The minimum absolute atomic E-state index is 0.0619. The van der Waals surface area contributed by atoms with Crippen LogP contribution in [0.2, 0.25) is 5.15 Å². The van der Waals surface area contributed by atoms with Gasteiger partial charge in [0.05, 0.1) is 0 Å². The average molecular weight is 269 g/mol. The van der Waals surface area contributed by atoms with Crippen molar-refractivity contribution < 1.29 is 4.79 Å². The molecule has 1 aromatic heterocycles. The highest BCUT2D eigenvalue weighted by Crippen LogP contribution is 2.15. The minimum atomic E-state index is 0.0619. The first-order valence-electron chi connectivity index (χ1n) is 6.11. The Balaban J connectivity index is 1.94. The summed E-state index contributed by atoms with van der Waals surface area (Å²) in [5.41, 5.74) is 0. The molecule has 0 radical (unpaired) electrons. The zero-order valence-corrected chi connectivity index (χ0v) is 11.4. The molecule has 1 aromatic rings. The SMILES string of the molecule is CC(C)C(=O)N1CCN(c2ccc(Cl)nn2)CC1. The molecule has 2 rings (SSSR count). The van der Waals surface area contributed by atoms with Gasteiger partial charge in [0.15, 0.2) is 11.0 Å². The summed E-state index contributed by atoms with van der Waals surface area (Å²) in [5.74, 6) is 1.10. The first kappa shape index (κ1) is 13.1. The molecule has 0 aromatic carbocycles. The molecule has 0 saturated carbocycles. The number of hydrogen-bond donors (Lipinski definition) is 0. The molecule has 6 heteroatoms. The molecule has 1 amide bonds. The zero-order chi connectivity index (χ0) is 13.1. The third-order valence-electron chi connectivity index (χ3n) is 3.03. The van der Waals surface area contributed by atoms with Gasteiger partial charge in [0.2, 0.25) is 5.91 Å². The molecule has 5 nitrogen and oxygen atoms in total. The summed E-state index contributed by atoms with van der Waals surface area (Å²) in [4.78, 5) is 15.9. The normalized spacial score (nSPS) is 16.2. The van der Waals surface area contributed by atoms with Crippen molar-refractivity contribution in [3.8, 4) is 0 Å². The Kier molecular flexibility index (Phi) is 4.01. The lowest BCUT2D eigenvalue weighted by molar-refractivity contribution is -0.134. The Labute approximate surface area is 112 Å². The van der Waals surface area contributed by atoms with E-state index in [1.807, 2.05) is 24.8 Å². The molecule has 1 aliphatic heterocycles. The Morgan fingerprint density at radius 2 is 1.89 bits per heavy atom. The number of aromatic nitrogens is 2. The van der Waals surface area contributed by atoms with Crippen LogP contribution < -0.4 is 4.90 Å². The molecule has 1 fully saturated rings. The standard InChI is InChI=1S/C12H17ClN4O/c1-9(2)12(18)17-7-5-16(6-8-17)11-4-3-10(13)14-15-11/h3-4,9H,5-8H2,1-2H3. The number of rotatable bonds is 2. The highest BCUT2D eigenvalue weighted by atomic mass is 35.5. The van der Waals surface area contributed by atoms with Crippen molar-refractivity contribution in [2.45, 2.75) is 13.8 Å². The predicted octanol–water partition coefficient (Wildman–Crippen LogP) is 1.43. The number of nitrogens with zero attached hydrogens (tertiary/aromatic N) is 4. The van der Waals surface area contributed by atoms with Crippen LogP contribution in [0.4, 0.5) is 5.82 Å². The van der Waals surface area contributed by atoms with Gasteiger partial charge in [-0.05, 0) is 12.1 Å². The number of anilines is 1. The molecule has 0 spiro atoms. The molecule has 0 atom stereocenters. The lowest BCUT2D eigenvalue weighted by atomic mass is 10.1. The van der Waals surface area contributed by atoms with Crippen molar-refractivity contribution in [1.29, 1.82) is 0 Å². The zero-order valence-electron chi connectivity index (χ0n) is 10.6. The molecule has 98 valence electrons. The van der Waals surface area contributed by atoms with Crippen LogP contribution in [0.5, 0.6) is 0 Å². The third kappa shape index (κ3) is 2.90. The third-order valence-corrected chi connectivity index (χ3v) is 3.23. The number of carbonyl (C=O) groups is 1. The smallest absolute Gasteiger partial charge is 0.225 e. The van der Waals surface area contributed by atoms with Crippen LogP contribution in [-0.2, 0) is 4.79 Å². The largest absolute Gasteiger partial charge is 0.352 e. The number of carbonyl (C=O) groups excluding carboxylic acids is 1. The molecule has 18 heavy (non-hydrogen) atoms. The summed E-state index contributed by atoms with van der Waals surface area (Å²) < 4.78 is 0. The molecule has 1 saturated heterocycles. The van der Waals surface area contributed by atoms with Crippen molar-refractivity contribution in [2.24, 2.45) is 5.92 Å². The van der Waals surface area contributed by atoms with Gasteiger partial charge < -0.3 is 9.80 Å². The topological polar surface area (TPSA) is 49.3 Å². The second kappa shape index (κ2) is 5.52. The predicted molar refractivity (Wildman–Crippen MR) is 70.7 cm³/mol. The fourth-order valence-electron chi connectivity index (χ4n) is 2.00. The molecular formula is C12H17ClN4O. The maximum absolute atomic E-state index is 11.8. The van der Waals surface area contributed by atoms with Crippen LogP contribution in [-0.4, -0.2) is 47.2 Å². The van der Waals surface area contributed by atoms with E-state index < -0.39 is 0 Å². The van der Waals surface area contributed by atoms with E-state index in [-0.39, 0.29) is 11.8 Å². The van der Waals surface area contributed by atoms with Gasteiger partial charge in [-0.15, -0.1) is 10.2 Å². The molecule has 0 N–H and O–H groups in total. The van der Waals surface area contributed by atoms with Crippen LogP contribution in [0.15, 0.2) is 12.1 Å². The number of halogens is 1. The van der Waals surface area contributed by atoms with Crippen molar-refractivity contribution in [3.63, 3.8) is 0 Å². The molecule has 0 unspecified atom stereocenters. The summed E-state index contributed by atoms with van der Waals surface area (Å²) >= 11 is 5.71. The molecule has 0 aliphatic carbocycles. The van der Waals surface area contributed by atoms with Crippen molar-refractivity contribution in [3.05, 3.63) is 17.3 Å². The molecule has 2 heterocycles. The van der Waals surface area contributed by atoms with Crippen LogP contribution in [0.1, 0.15) is 13.8 Å². The van der Waals surface area contributed by atoms with E-state index >= 15 is 0 Å². The lowest BCUT2D eigenvalue weighted by Gasteiger charge is -2.35. The van der Waals surface area contributed by atoms with Gasteiger partial charge in [-0.25, -0.2) is 0 Å². The highest BCUT2D eigenvalue weighted by Gasteiger charge is 2.23. The minimum Gasteiger partial charge on any atom is -0.352 e. The van der Waals surface area contributed by atoms with E-state index in [9.17, 15) is 4.79 Å². The summed E-state index contributed by atoms with van der Waals surface area (Å²) in [5, 5.41) is 8.27. The van der Waals surface area contributed by atoms with Crippen LogP contribution >= 0.6 is 11.6 Å². The maximum Gasteiger partial charge on any atom is 0.225 e. The summed E-state index contributed by atoms with van der Waals surface area (Å²) in [7, 11) is 0. The van der Waals surface area contributed by atoms with Gasteiger partial charge >= 0.3 is 0 Å². The quantitative estimate of drug-likeness (QED) is 0.814. The average Bonchev–Trinajstić information content (AvgIpc) is 2.39. The van der Waals surface area contributed by atoms with Gasteiger partial charge in [0.25, 0.3) is 0 Å². The molecular weight excluding hydrogens is 252 g/mol. The van der Waals surface area contributed by atoms with E-state index in [0.717, 1.165) is 32.0 Å².